The average molecular weight is 273 g/mol. The second-order valence-electron chi connectivity index (χ2n) is 4.85. The van der Waals surface area contributed by atoms with Crippen LogP contribution in [0, 0.1) is 11.6 Å². The molecule has 0 spiro atoms. The van der Waals surface area contributed by atoms with Gasteiger partial charge in [-0.15, -0.1) is 0 Å². The lowest BCUT2D eigenvalue weighted by atomic mass is 10.2. The molecule has 0 atom stereocenters. The number of hydroxylamine groups is 2. The molecule has 0 aliphatic heterocycles. The first-order chi connectivity index (χ1) is 8.83. The maximum atomic E-state index is 13.2. The summed E-state index contributed by atoms with van der Waals surface area (Å²) in [6, 6.07) is 3.45. The normalized spacial score (nSPS) is 11.2. The molecule has 0 unspecified atom stereocenters. The fraction of sp³-hybridized carbons (Fsp3) is 0.462. The zero-order valence-electron chi connectivity index (χ0n) is 11.2. The first-order valence-corrected chi connectivity index (χ1v) is 5.81. The maximum Gasteiger partial charge on any atom is 0.233 e. The summed E-state index contributed by atoms with van der Waals surface area (Å²) in [5.74, 6) is -2.02. The predicted octanol–water partition coefficient (Wildman–Crippen LogP) is 2.53. The first-order valence-electron chi connectivity index (χ1n) is 5.81. The van der Waals surface area contributed by atoms with Crippen LogP contribution < -0.4 is 4.74 Å². The number of ether oxygens (including phenoxy) is 1. The van der Waals surface area contributed by atoms with Crippen LogP contribution in [-0.4, -0.2) is 30.2 Å². The number of benzene rings is 1. The highest BCUT2D eigenvalue weighted by Gasteiger charge is 2.16. The van der Waals surface area contributed by atoms with Crippen molar-refractivity contribution in [2.45, 2.75) is 26.4 Å². The van der Waals surface area contributed by atoms with Gasteiger partial charge in [-0.05, 0) is 32.9 Å². The Labute approximate surface area is 110 Å². The number of carbonyl (C=O) groups excluding carboxylic acids is 1. The van der Waals surface area contributed by atoms with E-state index in [1.807, 2.05) is 0 Å². The molecule has 1 rings (SSSR count). The van der Waals surface area contributed by atoms with Crippen molar-refractivity contribution in [2.24, 2.45) is 0 Å². The minimum absolute atomic E-state index is 0.0640. The van der Waals surface area contributed by atoms with Crippen LogP contribution in [0.1, 0.15) is 20.8 Å². The maximum absolute atomic E-state index is 13.2. The fourth-order valence-electron chi connectivity index (χ4n) is 1.33. The Morgan fingerprint density at radius 1 is 1.26 bits per heavy atom. The monoisotopic (exact) mass is 273 g/mol. The lowest BCUT2D eigenvalue weighted by Crippen LogP contribution is -2.35. The highest BCUT2D eigenvalue weighted by molar-refractivity contribution is 5.45. The molecular formula is C13H17F2NO3. The van der Waals surface area contributed by atoms with Crippen LogP contribution in [0.3, 0.4) is 0 Å². The molecule has 1 aromatic carbocycles. The molecule has 0 saturated carbocycles. The van der Waals surface area contributed by atoms with Gasteiger partial charge in [0.05, 0.1) is 12.1 Å². The van der Waals surface area contributed by atoms with Crippen LogP contribution in [0.2, 0.25) is 0 Å². The summed E-state index contributed by atoms with van der Waals surface area (Å²) in [6.07, 6.45) is 0.492. The molecule has 106 valence electrons. The van der Waals surface area contributed by atoms with Crippen molar-refractivity contribution < 1.29 is 23.1 Å². The SMILES string of the molecule is CC(C)(C)ON(C=O)CCOc1c(F)cccc1F. The van der Waals surface area contributed by atoms with Crippen LogP contribution >= 0.6 is 0 Å². The van der Waals surface area contributed by atoms with E-state index >= 15 is 0 Å². The molecular weight excluding hydrogens is 256 g/mol. The summed E-state index contributed by atoms with van der Waals surface area (Å²) in [7, 11) is 0. The van der Waals surface area contributed by atoms with E-state index in [0.29, 0.717) is 6.41 Å². The minimum atomic E-state index is -0.783. The number of hydrogen-bond acceptors (Lipinski definition) is 3. The topological polar surface area (TPSA) is 38.8 Å². The summed E-state index contributed by atoms with van der Waals surface area (Å²) >= 11 is 0. The molecule has 1 aromatic rings. The summed E-state index contributed by atoms with van der Waals surface area (Å²) in [4.78, 5) is 16.0. The molecule has 0 radical (unpaired) electrons. The molecule has 4 nitrogen and oxygen atoms in total. The molecule has 0 N–H and O–H groups in total. The molecule has 0 saturated heterocycles. The van der Waals surface area contributed by atoms with Crippen LogP contribution in [-0.2, 0) is 9.63 Å². The number of carbonyl (C=O) groups is 1. The van der Waals surface area contributed by atoms with Gasteiger partial charge in [0.25, 0.3) is 0 Å². The van der Waals surface area contributed by atoms with Gasteiger partial charge in [-0.3, -0.25) is 9.63 Å². The highest BCUT2D eigenvalue weighted by atomic mass is 19.1. The van der Waals surface area contributed by atoms with Gasteiger partial charge in [-0.1, -0.05) is 6.07 Å². The molecule has 0 heterocycles. The number of nitrogens with zero attached hydrogens (tertiary/aromatic N) is 1. The molecule has 0 aliphatic rings. The molecule has 19 heavy (non-hydrogen) atoms. The van der Waals surface area contributed by atoms with E-state index in [2.05, 4.69) is 0 Å². The third-order valence-electron chi connectivity index (χ3n) is 1.99. The van der Waals surface area contributed by atoms with E-state index in [0.717, 1.165) is 17.2 Å². The molecule has 0 aromatic heterocycles. The van der Waals surface area contributed by atoms with E-state index in [-0.39, 0.29) is 13.2 Å². The lowest BCUT2D eigenvalue weighted by molar-refractivity contribution is -0.217. The molecule has 0 bridgehead atoms. The van der Waals surface area contributed by atoms with Crippen molar-refractivity contribution in [1.29, 1.82) is 0 Å². The Bertz CT molecular complexity index is 412. The Kier molecular flexibility index (Phi) is 5.23. The van der Waals surface area contributed by atoms with Crippen molar-refractivity contribution in [3.63, 3.8) is 0 Å². The minimum Gasteiger partial charge on any atom is -0.486 e. The van der Waals surface area contributed by atoms with Crippen molar-refractivity contribution in [1.82, 2.24) is 5.06 Å². The third kappa shape index (κ3) is 5.21. The summed E-state index contributed by atoms with van der Waals surface area (Å²) in [5.41, 5.74) is -0.538. The van der Waals surface area contributed by atoms with Gasteiger partial charge < -0.3 is 4.74 Å². The first kappa shape index (κ1) is 15.4. The van der Waals surface area contributed by atoms with Crippen LogP contribution in [0.4, 0.5) is 8.78 Å². The fourth-order valence-corrected chi connectivity index (χ4v) is 1.33. The summed E-state index contributed by atoms with van der Waals surface area (Å²) < 4.78 is 31.5. The zero-order valence-corrected chi connectivity index (χ0v) is 11.2. The second-order valence-corrected chi connectivity index (χ2v) is 4.85. The van der Waals surface area contributed by atoms with Gasteiger partial charge >= 0.3 is 0 Å². The van der Waals surface area contributed by atoms with Gasteiger partial charge in [0.15, 0.2) is 17.4 Å². The Morgan fingerprint density at radius 2 is 1.84 bits per heavy atom. The lowest BCUT2D eigenvalue weighted by Gasteiger charge is -2.26. The van der Waals surface area contributed by atoms with Crippen LogP contribution in [0.15, 0.2) is 18.2 Å². The van der Waals surface area contributed by atoms with Crippen molar-refractivity contribution in [2.75, 3.05) is 13.2 Å². The molecule has 1 amide bonds. The van der Waals surface area contributed by atoms with Crippen molar-refractivity contribution in [3.8, 4) is 5.75 Å². The largest absolute Gasteiger partial charge is 0.486 e. The Hall–Kier alpha value is -1.69. The zero-order chi connectivity index (χ0) is 14.5. The second kappa shape index (κ2) is 6.47. The van der Waals surface area contributed by atoms with E-state index in [1.165, 1.54) is 6.07 Å². The van der Waals surface area contributed by atoms with Crippen molar-refractivity contribution in [3.05, 3.63) is 29.8 Å². The summed E-state index contributed by atoms with van der Waals surface area (Å²) in [6.45, 7) is 5.32. The predicted molar refractivity (Wildman–Crippen MR) is 65.5 cm³/mol. The number of para-hydroxylation sites is 1. The van der Waals surface area contributed by atoms with E-state index in [1.54, 1.807) is 20.8 Å². The van der Waals surface area contributed by atoms with Gasteiger partial charge in [0, 0.05) is 0 Å². The van der Waals surface area contributed by atoms with Gasteiger partial charge in [-0.2, -0.15) is 0 Å². The average Bonchev–Trinajstić information content (AvgIpc) is 2.30. The third-order valence-corrected chi connectivity index (χ3v) is 1.99. The Morgan fingerprint density at radius 3 is 2.32 bits per heavy atom. The summed E-state index contributed by atoms with van der Waals surface area (Å²) in [5, 5.41) is 1.03. The number of rotatable bonds is 6. The Balaban J connectivity index is 2.51. The van der Waals surface area contributed by atoms with E-state index < -0.39 is 23.0 Å². The standard InChI is InChI=1S/C13H17F2NO3/c1-13(2,3)19-16(9-17)7-8-18-12-10(14)5-4-6-11(12)15/h4-6,9H,7-8H2,1-3H3. The quantitative estimate of drug-likeness (QED) is 0.590. The van der Waals surface area contributed by atoms with E-state index in [4.69, 9.17) is 9.57 Å². The highest BCUT2D eigenvalue weighted by Crippen LogP contribution is 2.20. The number of amides is 1. The molecule has 0 fully saturated rings. The van der Waals surface area contributed by atoms with Crippen molar-refractivity contribution >= 4 is 6.41 Å². The smallest absolute Gasteiger partial charge is 0.233 e. The van der Waals surface area contributed by atoms with Gasteiger partial charge in [0.1, 0.15) is 6.61 Å². The molecule has 6 heteroatoms. The number of hydrogen-bond donors (Lipinski definition) is 0. The van der Waals surface area contributed by atoms with E-state index in [9.17, 15) is 13.6 Å². The number of halogens is 2. The van der Waals surface area contributed by atoms with Gasteiger partial charge in [-0.25, -0.2) is 13.8 Å². The van der Waals surface area contributed by atoms with Gasteiger partial charge in [0.2, 0.25) is 6.41 Å². The van der Waals surface area contributed by atoms with Crippen LogP contribution in [0.25, 0.3) is 0 Å². The molecule has 0 aliphatic carbocycles. The van der Waals surface area contributed by atoms with Crippen LogP contribution in [0.5, 0.6) is 5.75 Å².